The fourth-order valence-corrected chi connectivity index (χ4v) is 11.9. The summed E-state index contributed by atoms with van der Waals surface area (Å²) in [5.74, 6) is 0.787. The average Bonchev–Trinajstić information content (AvgIpc) is 3.48. The Hall–Kier alpha value is -1.94. The standard InChI is InChI=1S/C69H134O17P2/c1-9-62(8)48-40-32-26-28-36-44-52-69(74)86-65(55-79-66(71)49-41-33-23-18-16-14-12-10-11-13-15-17-21-29-37-45-59(2)3)58-84-88(77,78)82-54-63(70)53-81-87(75,76)83-57-64(56-80-67(72)50-42-34-27-25-31-39-47-61(6)7)85-68(73)51-43-35-24-20-19-22-30-38-46-60(4)5/h59-65,70H,9-58H2,1-8H3,(H,75,76)(H,77,78)/t62?,63-,64+,65+/m0/s1. The molecule has 3 unspecified atom stereocenters. The minimum atomic E-state index is -4.95. The summed E-state index contributed by atoms with van der Waals surface area (Å²) in [6.45, 7) is 14.0. The van der Waals surface area contributed by atoms with Gasteiger partial charge in [-0.2, -0.15) is 0 Å². The highest BCUT2D eigenvalue weighted by atomic mass is 31.2. The minimum absolute atomic E-state index is 0.103. The topological polar surface area (TPSA) is 237 Å². The number of rotatable bonds is 66. The van der Waals surface area contributed by atoms with Crippen molar-refractivity contribution < 1.29 is 80.2 Å². The Kier molecular flexibility index (Phi) is 57.6. The Morgan fingerprint density at radius 1 is 0.318 bits per heavy atom. The highest BCUT2D eigenvalue weighted by molar-refractivity contribution is 7.47. The van der Waals surface area contributed by atoms with Gasteiger partial charge in [0.25, 0.3) is 0 Å². The van der Waals surface area contributed by atoms with Crippen LogP contribution >= 0.6 is 15.6 Å². The third kappa shape index (κ3) is 61.6. The van der Waals surface area contributed by atoms with Gasteiger partial charge in [-0.15, -0.1) is 0 Å². The second-order valence-electron chi connectivity index (χ2n) is 26.6. The van der Waals surface area contributed by atoms with Gasteiger partial charge in [-0.05, 0) is 49.4 Å². The predicted octanol–water partition coefficient (Wildman–Crippen LogP) is 19.3. The molecule has 0 amide bonds. The first-order chi connectivity index (χ1) is 42.1. The summed E-state index contributed by atoms with van der Waals surface area (Å²) in [6, 6.07) is 0. The molecule has 0 aliphatic heterocycles. The molecule has 0 saturated carbocycles. The summed E-state index contributed by atoms with van der Waals surface area (Å²) in [5.41, 5.74) is 0. The fraction of sp³-hybridized carbons (Fsp3) is 0.942. The first-order valence-corrected chi connectivity index (χ1v) is 38.7. The van der Waals surface area contributed by atoms with E-state index in [0.29, 0.717) is 31.6 Å². The second kappa shape index (κ2) is 58.8. The van der Waals surface area contributed by atoms with E-state index in [1.165, 1.54) is 135 Å². The smallest absolute Gasteiger partial charge is 0.462 e. The van der Waals surface area contributed by atoms with Crippen molar-refractivity contribution in [2.75, 3.05) is 39.6 Å². The van der Waals surface area contributed by atoms with Crippen LogP contribution in [0.3, 0.4) is 0 Å². The quantitative estimate of drug-likeness (QED) is 0.0222. The van der Waals surface area contributed by atoms with Gasteiger partial charge in [0.2, 0.25) is 0 Å². The van der Waals surface area contributed by atoms with Gasteiger partial charge in [0, 0.05) is 25.7 Å². The molecule has 0 rings (SSSR count). The summed E-state index contributed by atoms with van der Waals surface area (Å²) in [7, 11) is -9.90. The number of hydrogen-bond donors (Lipinski definition) is 3. The van der Waals surface area contributed by atoms with E-state index in [0.717, 1.165) is 114 Å². The molecule has 0 radical (unpaired) electrons. The van der Waals surface area contributed by atoms with Crippen LogP contribution in [0.5, 0.6) is 0 Å². The van der Waals surface area contributed by atoms with Crippen LogP contribution in [0.15, 0.2) is 0 Å². The van der Waals surface area contributed by atoms with Crippen LogP contribution in [0.1, 0.15) is 338 Å². The Bertz CT molecular complexity index is 1750. The normalized spacial score (nSPS) is 14.6. The summed E-state index contributed by atoms with van der Waals surface area (Å²) in [4.78, 5) is 72.4. The maximum atomic E-state index is 13.0. The van der Waals surface area contributed by atoms with Crippen molar-refractivity contribution in [3.63, 3.8) is 0 Å². The van der Waals surface area contributed by atoms with Crippen LogP contribution in [0.2, 0.25) is 0 Å². The van der Waals surface area contributed by atoms with Gasteiger partial charge in [0.05, 0.1) is 26.4 Å². The van der Waals surface area contributed by atoms with Gasteiger partial charge in [0.1, 0.15) is 19.3 Å². The van der Waals surface area contributed by atoms with E-state index in [9.17, 15) is 43.2 Å². The molecule has 0 bridgehead atoms. The Balaban J connectivity index is 5.18. The van der Waals surface area contributed by atoms with Crippen molar-refractivity contribution in [3.8, 4) is 0 Å². The molecular weight excluding hydrogens is 1160 g/mol. The molecule has 0 aliphatic carbocycles. The van der Waals surface area contributed by atoms with Gasteiger partial charge in [-0.25, -0.2) is 9.13 Å². The lowest BCUT2D eigenvalue weighted by atomic mass is 10.00. The van der Waals surface area contributed by atoms with E-state index in [1.807, 2.05) is 0 Å². The van der Waals surface area contributed by atoms with E-state index < -0.39 is 97.5 Å². The molecule has 17 nitrogen and oxygen atoms in total. The summed E-state index contributed by atoms with van der Waals surface area (Å²) < 4.78 is 68.1. The second-order valence-corrected chi connectivity index (χ2v) is 29.5. The Morgan fingerprint density at radius 2 is 0.545 bits per heavy atom. The average molecular weight is 1300 g/mol. The van der Waals surface area contributed by atoms with Crippen LogP contribution in [-0.2, 0) is 65.4 Å². The molecular formula is C69H134O17P2. The van der Waals surface area contributed by atoms with E-state index in [-0.39, 0.29) is 25.7 Å². The van der Waals surface area contributed by atoms with Crippen molar-refractivity contribution >= 4 is 39.5 Å². The van der Waals surface area contributed by atoms with Crippen molar-refractivity contribution in [2.24, 2.45) is 23.7 Å². The number of phosphoric acid groups is 2. The van der Waals surface area contributed by atoms with Gasteiger partial charge >= 0.3 is 39.5 Å². The lowest BCUT2D eigenvalue weighted by molar-refractivity contribution is -0.161. The highest BCUT2D eigenvalue weighted by Crippen LogP contribution is 2.45. The van der Waals surface area contributed by atoms with Gasteiger partial charge < -0.3 is 33.8 Å². The van der Waals surface area contributed by atoms with Gasteiger partial charge in [0.15, 0.2) is 12.2 Å². The van der Waals surface area contributed by atoms with Gasteiger partial charge in [-0.1, -0.05) is 287 Å². The number of phosphoric ester groups is 2. The molecule has 0 spiro atoms. The monoisotopic (exact) mass is 1300 g/mol. The van der Waals surface area contributed by atoms with Crippen LogP contribution in [0, 0.1) is 23.7 Å². The molecule has 0 fully saturated rings. The number of ether oxygens (including phenoxy) is 4. The van der Waals surface area contributed by atoms with Crippen molar-refractivity contribution in [3.05, 3.63) is 0 Å². The number of hydrogen-bond acceptors (Lipinski definition) is 15. The number of unbranched alkanes of at least 4 members (excludes halogenated alkanes) is 31. The third-order valence-electron chi connectivity index (χ3n) is 16.2. The van der Waals surface area contributed by atoms with E-state index >= 15 is 0 Å². The van der Waals surface area contributed by atoms with E-state index in [2.05, 4.69) is 55.4 Å². The van der Waals surface area contributed by atoms with E-state index in [4.69, 9.17) is 37.0 Å². The van der Waals surface area contributed by atoms with Crippen LogP contribution in [-0.4, -0.2) is 96.7 Å². The maximum absolute atomic E-state index is 13.0. The van der Waals surface area contributed by atoms with Crippen molar-refractivity contribution in [1.82, 2.24) is 0 Å². The predicted molar refractivity (Wildman–Crippen MR) is 354 cm³/mol. The highest BCUT2D eigenvalue weighted by Gasteiger charge is 2.30. The SMILES string of the molecule is CCC(C)CCCCCCCCC(=O)O[C@H](COC(=O)CCCCCCCCCCCCCCCCCC(C)C)COP(=O)(O)OC[C@@H](O)COP(=O)(O)OC[C@@H](COC(=O)CCCCCCCCC(C)C)OC(=O)CCCCCCCCCCC(C)C. The number of aliphatic hydroxyl groups excluding tert-OH is 1. The molecule has 19 heteroatoms. The Labute approximate surface area is 537 Å². The number of carbonyl (C=O) groups is 4. The molecule has 0 aromatic heterocycles. The van der Waals surface area contributed by atoms with Crippen LogP contribution < -0.4 is 0 Å². The molecule has 6 atom stereocenters. The molecule has 88 heavy (non-hydrogen) atoms. The molecule has 0 aliphatic rings. The third-order valence-corrected chi connectivity index (χ3v) is 18.1. The molecule has 0 aromatic rings. The van der Waals surface area contributed by atoms with Crippen LogP contribution in [0.4, 0.5) is 0 Å². The van der Waals surface area contributed by atoms with Gasteiger partial charge in [-0.3, -0.25) is 37.3 Å². The molecule has 0 saturated heterocycles. The summed E-state index contributed by atoms with van der Waals surface area (Å²) >= 11 is 0. The Morgan fingerprint density at radius 3 is 0.807 bits per heavy atom. The number of carbonyl (C=O) groups excluding carboxylic acids is 4. The molecule has 522 valence electrons. The zero-order valence-corrected chi connectivity index (χ0v) is 59.1. The number of esters is 4. The fourth-order valence-electron chi connectivity index (χ4n) is 10.3. The molecule has 0 aromatic carbocycles. The minimum Gasteiger partial charge on any atom is -0.462 e. The van der Waals surface area contributed by atoms with Crippen molar-refractivity contribution in [2.45, 2.75) is 356 Å². The van der Waals surface area contributed by atoms with Crippen molar-refractivity contribution in [1.29, 1.82) is 0 Å². The summed E-state index contributed by atoms with van der Waals surface area (Å²) in [6.07, 6.45) is 40.6. The zero-order chi connectivity index (χ0) is 65.4. The number of aliphatic hydroxyl groups is 1. The molecule has 3 N–H and O–H groups in total. The zero-order valence-electron chi connectivity index (χ0n) is 57.3. The van der Waals surface area contributed by atoms with Crippen LogP contribution in [0.25, 0.3) is 0 Å². The summed E-state index contributed by atoms with van der Waals surface area (Å²) in [5, 5.41) is 10.6. The lowest BCUT2D eigenvalue weighted by Gasteiger charge is -2.21. The molecule has 0 heterocycles. The first kappa shape index (κ1) is 86.1. The van der Waals surface area contributed by atoms with E-state index in [1.54, 1.807) is 0 Å². The lowest BCUT2D eigenvalue weighted by Crippen LogP contribution is -2.30. The maximum Gasteiger partial charge on any atom is 0.472 e. The largest absolute Gasteiger partial charge is 0.472 e. The first-order valence-electron chi connectivity index (χ1n) is 35.7.